The van der Waals surface area contributed by atoms with Crippen LogP contribution in [0.25, 0.3) is 0 Å². The van der Waals surface area contributed by atoms with E-state index in [2.05, 4.69) is 12.2 Å². The van der Waals surface area contributed by atoms with Crippen molar-refractivity contribution in [3.05, 3.63) is 0 Å². The van der Waals surface area contributed by atoms with Crippen molar-refractivity contribution in [2.45, 2.75) is 38.6 Å². The van der Waals surface area contributed by atoms with Gasteiger partial charge in [-0.25, -0.2) is 0 Å². The fourth-order valence-corrected chi connectivity index (χ4v) is 1.29. The van der Waals surface area contributed by atoms with E-state index in [1.54, 1.807) is 0 Å². The zero-order valence-electron chi connectivity index (χ0n) is 8.45. The number of aliphatic carboxylic acids is 1. The molecule has 0 aliphatic heterocycles. The second-order valence-corrected chi connectivity index (χ2v) is 3.68. The summed E-state index contributed by atoms with van der Waals surface area (Å²) in [6, 6.07) is -0.753. The lowest BCUT2D eigenvalue weighted by Crippen LogP contribution is -2.31. The standard InChI is InChI=1S/C9H18N2O2S/c1-2-4-8(14)11-6-3-5-7(10)9(12)13/h7H,2-6,10H2,1H3,(H,11,14)(H,12,13)/t7-/m0/s1. The van der Waals surface area contributed by atoms with Crippen LogP contribution in [0.4, 0.5) is 0 Å². The Bertz CT molecular complexity index is 197. The molecule has 0 unspecified atom stereocenters. The number of carboxylic acids is 1. The first kappa shape index (κ1) is 13.3. The van der Waals surface area contributed by atoms with E-state index in [1.807, 2.05) is 0 Å². The third-order valence-electron chi connectivity index (χ3n) is 1.81. The number of rotatable bonds is 7. The van der Waals surface area contributed by atoms with Crippen molar-refractivity contribution in [2.75, 3.05) is 6.54 Å². The molecule has 0 aliphatic rings. The highest BCUT2D eigenvalue weighted by molar-refractivity contribution is 7.80. The molecule has 0 radical (unpaired) electrons. The first-order valence-corrected chi connectivity index (χ1v) is 5.23. The molecule has 4 N–H and O–H groups in total. The molecular formula is C9H18N2O2S. The first-order chi connectivity index (χ1) is 6.57. The van der Waals surface area contributed by atoms with Crippen LogP contribution in [0.15, 0.2) is 0 Å². The molecule has 0 aromatic heterocycles. The summed E-state index contributed by atoms with van der Waals surface area (Å²) in [5, 5.41) is 11.6. The molecule has 0 saturated heterocycles. The van der Waals surface area contributed by atoms with Crippen LogP contribution in [0.2, 0.25) is 0 Å². The van der Waals surface area contributed by atoms with Crippen LogP contribution in [0.1, 0.15) is 32.6 Å². The molecule has 0 aliphatic carbocycles. The van der Waals surface area contributed by atoms with Crippen LogP contribution in [0.5, 0.6) is 0 Å². The second-order valence-electron chi connectivity index (χ2n) is 3.19. The van der Waals surface area contributed by atoms with Crippen LogP contribution in [0, 0.1) is 0 Å². The van der Waals surface area contributed by atoms with E-state index >= 15 is 0 Å². The number of nitrogens with one attached hydrogen (secondary N) is 1. The maximum atomic E-state index is 10.4. The minimum absolute atomic E-state index is 0.483. The van der Waals surface area contributed by atoms with Crippen molar-refractivity contribution in [3.8, 4) is 0 Å². The zero-order valence-corrected chi connectivity index (χ0v) is 9.27. The molecule has 0 bridgehead atoms. The van der Waals surface area contributed by atoms with Gasteiger partial charge in [0.2, 0.25) is 0 Å². The highest BCUT2D eigenvalue weighted by Crippen LogP contribution is 1.94. The van der Waals surface area contributed by atoms with Gasteiger partial charge < -0.3 is 16.2 Å². The van der Waals surface area contributed by atoms with Gasteiger partial charge in [0.15, 0.2) is 0 Å². The summed E-state index contributed by atoms with van der Waals surface area (Å²) in [7, 11) is 0. The third kappa shape index (κ3) is 6.80. The van der Waals surface area contributed by atoms with Crippen LogP contribution < -0.4 is 11.1 Å². The van der Waals surface area contributed by atoms with Gasteiger partial charge in [-0.3, -0.25) is 4.79 Å². The summed E-state index contributed by atoms with van der Waals surface area (Å²) < 4.78 is 0. The Morgan fingerprint density at radius 2 is 2.29 bits per heavy atom. The van der Waals surface area contributed by atoms with Crippen LogP contribution in [0.3, 0.4) is 0 Å². The Balaban J connectivity index is 3.37. The van der Waals surface area contributed by atoms with Crippen LogP contribution in [-0.2, 0) is 4.79 Å². The van der Waals surface area contributed by atoms with E-state index in [0.29, 0.717) is 13.0 Å². The van der Waals surface area contributed by atoms with Crippen molar-refractivity contribution in [2.24, 2.45) is 5.73 Å². The molecular weight excluding hydrogens is 200 g/mol. The van der Waals surface area contributed by atoms with Crippen molar-refractivity contribution < 1.29 is 9.90 Å². The molecule has 0 aromatic carbocycles. The third-order valence-corrected chi connectivity index (χ3v) is 2.16. The zero-order chi connectivity index (χ0) is 11.0. The summed E-state index contributed by atoms with van der Waals surface area (Å²) in [5.74, 6) is -0.943. The fourth-order valence-electron chi connectivity index (χ4n) is 0.989. The smallest absolute Gasteiger partial charge is 0.320 e. The highest BCUT2D eigenvalue weighted by atomic mass is 32.1. The van der Waals surface area contributed by atoms with E-state index in [9.17, 15) is 4.79 Å². The summed E-state index contributed by atoms with van der Waals surface area (Å²) in [4.78, 5) is 11.2. The predicted molar refractivity (Wildman–Crippen MR) is 60.4 cm³/mol. The van der Waals surface area contributed by atoms with Crippen LogP contribution >= 0.6 is 12.2 Å². The maximum absolute atomic E-state index is 10.4. The molecule has 0 fully saturated rings. The summed E-state index contributed by atoms with van der Waals surface area (Å²) in [6.07, 6.45) is 3.13. The maximum Gasteiger partial charge on any atom is 0.320 e. The molecule has 5 heteroatoms. The van der Waals surface area contributed by atoms with Gasteiger partial charge in [0.25, 0.3) is 0 Å². The van der Waals surface area contributed by atoms with Crippen molar-refractivity contribution in [3.63, 3.8) is 0 Å². The lowest BCUT2D eigenvalue weighted by Gasteiger charge is -2.08. The van der Waals surface area contributed by atoms with Gasteiger partial charge in [-0.1, -0.05) is 19.1 Å². The molecule has 0 rings (SSSR count). The molecule has 14 heavy (non-hydrogen) atoms. The molecule has 0 saturated carbocycles. The molecule has 0 spiro atoms. The highest BCUT2D eigenvalue weighted by Gasteiger charge is 2.09. The number of hydrogen-bond donors (Lipinski definition) is 3. The Kier molecular flexibility index (Phi) is 7.32. The SMILES string of the molecule is CCCC(=S)NCCC[C@H](N)C(=O)O. The predicted octanol–water partition coefficient (Wildman–Crippen LogP) is 0.896. The monoisotopic (exact) mass is 218 g/mol. The second kappa shape index (κ2) is 7.70. The molecule has 1 atom stereocenters. The lowest BCUT2D eigenvalue weighted by molar-refractivity contribution is -0.138. The largest absolute Gasteiger partial charge is 0.480 e. The minimum Gasteiger partial charge on any atom is -0.480 e. The Hall–Kier alpha value is -0.680. The first-order valence-electron chi connectivity index (χ1n) is 4.83. The van der Waals surface area contributed by atoms with E-state index in [0.717, 1.165) is 24.3 Å². The summed E-state index contributed by atoms with van der Waals surface area (Å²) in [5.41, 5.74) is 5.33. The fraction of sp³-hybridized carbons (Fsp3) is 0.778. The van der Waals surface area contributed by atoms with Gasteiger partial charge in [-0.2, -0.15) is 0 Å². The number of nitrogens with two attached hydrogens (primary N) is 1. The molecule has 0 amide bonds. The summed E-state index contributed by atoms with van der Waals surface area (Å²) >= 11 is 5.03. The topological polar surface area (TPSA) is 75.3 Å². The van der Waals surface area contributed by atoms with E-state index in [4.69, 9.17) is 23.1 Å². The quantitative estimate of drug-likeness (QED) is 0.437. The van der Waals surface area contributed by atoms with E-state index in [-0.39, 0.29) is 0 Å². The average molecular weight is 218 g/mol. The van der Waals surface area contributed by atoms with Gasteiger partial charge in [-0.05, 0) is 25.7 Å². The Morgan fingerprint density at radius 3 is 2.79 bits per heavy atom. The molecule has 0 heterocycles. The molecule has 82 valence electrons. The summed E-state index contributed by atoms with van der Waals surface area (Å²) in [6.45, 7) is 2.77. The normalized spacial score (nSPS) is 12.1. The van der Waals surface area contributed by atoms with Gasteiger partial charge >= 0.3 is 5.97 Å². The Labute approximate surface area is 89.9 Å². The average Bonchev–Trinajstić information content (AvgIpc) is 2.12. The van der Waals surface area contributed by atoms with E-state index < -0.39 is 12.0 Å². The molecule has 0 aromatic rings. The van der Waals surface area contributed by atoms with Gasteiger partial charge in [-0.15, -0.1) is 0 Å². The molecule has 4 nitrogen and oxygen atoms in total. The van der Waals surface area contributed by atoms with Crippen molar-refractivity contribution >= 4 is 23.2 Å². The van der Waals surface area contributed by atoms with Gasteiger partial charge in [0.05, 0.1) is 4.99 Å². The number of carbonyl (C=O) groups is 1. The lowest BCUT2D eigenvalue weighted by atomic mass is 10.2. The van der Waals surface area contributed by atoms with Crippen molar-refractivity contribution in [1.29, 1.82) is 0 Å². The Morgan fingerprint density at radius 1 is 1.64 bits per heavy atom. The number of carboxylic acid groups (broad SMARTS) is 1. The minimum atomic E-state index is -0.943. The number of hydrogen-bond acceptors (Lipinski definition) is 3. The van der Waals surface area contributed by atoms with Gasteiger partial charge in [0, 0.05) is 6.54 Å². The van der Waals surface area contributed by atoms with E-state index in [1.165, 1.54) is 0 Å². The number of thiocarbonyl (C=S) groups is 1. The van der Waals surface area contributed by atoms with Crippen molar-refractivity contribution in [1.82, 2.24) is 5.32 Å². The van der Waals surface area contributed by atoms with Crippen LogP contribution in [-0.4, -0.2) is 28.7 Å². The van der Waals surface area contributed by atoms with Gasteiger partial charge in [0.1, 0.15) is 6.04 Å².